The molecular formula is C12H14AlNO4. The molecule has 0 saturated carbocycles. The highest BCUT2D eigenvalue weighted by Crippen LogP contribution is 2.29. The van der Waals surface area contributed by atoms with Gasteiger partial charge in [-0.2, -0.15) is 0 Å². The molecule has 5 nitrogen and oxygen atoms in total. The first-order chi connectivity index (χ1) is 8.54. The van der Waals surface area contributed by atoms with Crippen LogP contribution in [0.5, 0.6) is 5.75 Å². The van der Waals surface area contributed by atoms with Gasteiger partial charge in [-0.3, -0.25) is 9.59 Å². The quantitative estimate of drug-likeness (QED) is 0.435. The van der Waals surface area contributed by atoms with E-state index in [1.165, 1.54) is 6.92 Å². The molecule has 1 aliphatic heterocycles. The molecule has 1 saturated heterocycles. The predicted molar refractivity (Wildman–Crippen MR) is 68.4 cm³/mol. The number of hydrogen-bond donors (Lipinski definition) is 0. The molecule has 1 aliphatic rings. The van der Waals surface area contributed by atoms with Gasteiger partial charge in [-0.05, 0) is 24.3 Å². The fourth-order valence-electron chi connectivity index (χ4n) is 2.03. The van der Waals surface area contributed by atoms with Crippen molar-refractivity contribution in [1.29, 1.82) is 0 Å². The molecule has 18 heavy (non-hydrogen) atoms. The number of benzene rings is 1. The van der Waals surface area contributed by atoms with E-state index in [2.05, 4.69) is 0 Å². The summed E-state index contributed by atoms with van der Waals surface area (Å²) in [4.78, 5) is 24.4. The normalized spacial score (nSPS) is 22.3. The summed E-state index contributed by atoms with van der Waals surface area (Å²) in [6.45, 7) is 1.32. The van der Waals surface area contributed by atoms with Crippen LogP contribution in [-0.4, -0.2) is 46.3 Å². The summed E-state index contributed by atoms with van der Waals surface area (Å²) in [5.41, 5.74) is 0.809. The van der Waals surface area contributed by atoms with Crippen molar-refractivity contribution in [3.8, 4) is 5.75 Å². The van der Waals surface area contributed by atoms with Gasteiger partial charge in [0.15, 0.2) is 6.10 Å². The third-order valence-corrected chi connectivity index (χ3v) is 4.09. The lowest BCUT2D eigenvalue weighted by Crippen LogP contribution is -2.66. The Balaban J connectivity index is 2.11. The lowest BCUT2D eigenvalue weighted by molar-refractivity contribution is -0.158. The molecule has 1 fully saturated rings. The van der Waals surface area contributed by atoms with Crippen molar-refractivity contribution < 1.29 is 19.1 Å². The van der Waals surface area contributed by atoms with Gasteiger partial charge in [0, 0.05) is 17.5 Å². The van der Waals surface area contributed by atoms with Gasteiger partial charge in [0.25, 0.3) is 22.2 Å². The molecule has 94 valence electrons. The highest BCUT2D eigenvalue weighted by Gasteiger charge is 2.47. The van der Waals surface area contributed by atoms with E-state index in [4.69, 9.17) is 9.47 Å². The first-order valence-electron chi connectivity index (χ1n) is 5.69. The Morgan fingerprint density at radius 3 is 2.39 bits per heavy atom. The first-order valence-corrected chi connectivity index (χ1v) is 6.84. The summed E-state index contributed by atoms with van der Waals surface area (Å²) in [6.07, 6.45) is -0.601. The van der Waals surface area contributed by atoms with Gasteiger partial charge >= 0.3 is 5.97 Å². The number of anilines is 1. The van der Waals surface area contributed by atoms with E-state index in [9.17, 15) is 9.59 Å². The van der Waals surface area contributed by atoms with Gasteiger partial charge in [0.2, 0.25) is 0 Å². The van der Waals surface area contributed by atoms with Crippen LogP contribution in [0, 0.1) is 0 Å². The van der Waals surface area contributed by atoms with Gasteiger partial charge in [0.1, 0.15) is 5.75 Å². The van der Waals surface area contributed by atoms with Gasteiger partial charge in [-0.15, -0.1) is 0 Å². The maximum Gasteiger partial charge on any atom is 0.303 e. The third kappa shape index (κ3) is 2.22. The van der Waals surface area contributed by atoms with E-state index in [1.807, 2.05) is 12.1 Å². The van der Waals surface area contributed by atoms with Crippen LogP contribution in [0.1, 0.15) is 6.92 Å². The fraction of sp³-hybridized carbons (Fsp3) is 0.333. The number of β-lactam (4-membered cyclic amide) rings is 1. The first kappa shape index (κ1) is 12.9. The Morgan fingerprint density at radius 2 is 1.94 bits per heavy atom. The Kier molecular flexibility index (Phi) is 3.60. The van der Waals surface area contributed by atoms with Crippen molar-refractivity contribution in [2.24, 2.45) is 0 Å². The van der Waals surface area contributed by atoms with Crippen LogP contribution in [0.15, 0.2) is 24.3 Å². The number of carbonyl (C=O) groups excluding carboxylic acids is 2. The minimum atomic E-state index is -0.601. The molecule has 1 heterocycles. The van der Waals surface area contributed by atoms with Crippen LogP contribution in [0.2, 0.25) is 0 Å². The Hall–Kier alpha value is -1.51. The van der Waals surface area contributed by atoms with Gasteiger partial charge < -0.3 is 14.4 Å². The Labute approximate surface area is 113 Å². The maximum atomic E-state index is 11.9. The van der Waals surface area contributed by atoms with Crippen LogP contribution < -0.4 is 9.64 Å². The number of hydrogen-bond acceptors (Lipinski definition) is 4. The summed E-state index contributed by atoms with van der Waals surface area (Å²) in [7, 11) is 1.59. The van der Waals surface area contributed by atoms with E-state index >= 15 is 0 Å². The fourth-order valence-corrected chi connectivity index (χ4v) is 3.00. The van der Waals surface area contributed by atoms with E-state index in [-0.39, 0.29) is 10.8 Å². The Morgan fingerprint density at radius 1 is 1.33 bits per heavy atom. The van der Waals surface area contributed by atoms with E-state index < -0.39 is 12.1 Å². The Bertz CT molecular complexity index is 473. The number of methoxy groups -OCH3 is 1. The molecule has 0 aliphatic carbocycles. The SMILES string of the molecule is COc1ccc(N2C(=O)[C@H](OC(C)=O)[C@@H]2[AlH2])cc1. The number of carbonyl (C=O) groups is 2. The second-order valence-electron chi connectivity index (χ2n) is 4.18. The minimum absolute atomic E-state index is 0.00482. The molecule has 0 spiro atoms. The average molecular weight is 263 g/mol. The average Bonchev–Trinajstić information content (AvgIpc) is 2.37. The molecule has 1 aromatic rings. The molecule has 2 rings (SSSR count). The molecule has 1 amide bonds. The van der Waals surface area contributed by atoms with Crippen LogP contribution in [0.25, 0.3) is 0 Å². The highest BCUT2D eigenvalue weighted by atomic mass is 27.0. The lowest BCUT2D eigenvalue weighted by Gasteiger charge is -2.44. The smallest absolute Gasteiger partial charge is 0.303 e. The zero-order valence-corrected chi connectivity index (χ0v) is 12.5. The van der Waals surface area contributed by atoms with Crippen LogP contribution in [-0.2, 0) is 14.3 Å². The standard InChI is InChI=1S/C12H12NO4.Al.2H/c1-8(14)17-11-7-13(12(11)15)9-3-5-10(16-2)6-4-9;;;/h3-7,11H,1-2H3;;;/t11-;;;/m1.../s1. The lowest BCUT2D eigenvalue weighted by atomic mass is 10.1. The molecule has 6 heteroatoms. The van der Waals surface area contributed by atoms with Crippen molar-refractivity contribution in [3.63, 3.8) is 0 Å². The summed E-state index contributed by atoms with van der Waals surface area (Å²) >= 11 is 0.747. The molecule has 0 bridgehead atoms. The molecule has 2 atom stereocenters. The highest BCUT2D eigenvalue weighted by molar-refractivity contribution is 6.26. The second-order valence-corrected chi connectivity index (χ2v) is 5.36. The summed E-state index contributed by atoms with van der Waals surface area (Å²) in [5.74, 6) is 0.173. The van der Waals surface area contributed by atoms with Crippen molar-refractivity contribution in [2.75, 3.05) is 12.0 Å². The number of amides is 1. The van der Waals surface area contributed by atoms with Crippen molar-refractivity contribution in [3.05, 3.63) is 24.3 Å². The molecule has 1 aromatic carbocycles. The third-order valence-electron chi connectivity index (χ3n) is 2.97. The molecule has 0 unspecified atom stereocenters. The van der Waals surface area contributed by atoms with E-state index in [0.717, 1.165) is 27.7 Å². The van der Waals surface area contributed by atoms with Crippen LogP contribution in [0.4, 0.5) is 5.69 Å². The van der Waals surface area contributed by atoms with Gasteiger partial charge in [0.05, 0.1) is 7.11 Å². The number of esters is 1. The van der Waals surface area contributed by atoms with Crippen molar-refractivity contribution >= 4 is 33.9 Å². The van der Waals surface area contributed by atoms with E-state index in [1.54, 1.807) is 24.1 Å². The summed E-state index contributed by atoms with van der Waals surface area (Å²) in [6, 6.07) is 7.25. The second kappa shape index (κ2) is 5.01. The van der Waals surface area contributed by atoms with Crippen LogP contribution >= 0.6 is 0 Å². The zero-order chi connectivity index (χ0) is 13.3. The molecule has 0 N–H and O–H groups in total. The molecule has 0 radical (unpaired) electrons. The monoisotopic (exact) mass is 263 g/mol. The van der Waals surface area contributed by atoms with E-state index in [0.29, 0.717) is 0 Å². The maximum absolute atomic E-state index is 11.9. The summed E-state index contributed by atoms with van der Waals surface area (Å²) < 4.78 is 10.1. The van der Waals surface area contributed by atoms with Gasteiger partial charge in [-0.1, -0.05) is 0 Å². The molecular weight excluding hydrogens is 249 g/mol. The molecule has 0 aromatic heterocycles. The van der Waals surface area contributed by atoms with Crippen molar-refractivity contribution in [2.45, 2.75) is 17.9 Å². The zero-order valence-electron chi connectivity index (χ0n) is 10.5. The number of rotatable bonds is 3. The summed E-state index contributed by atoms with van der Waals surface area (Å²) in [5, 5.41) is 0. The topological polar surface area (TPSA) is 55.8 Å². The minimum Gasteiger partial charge on any atom is -0.497 e. The predicted octanol–water partition coefficient (Wildman–Crippen LogP) is -0.0673. The number of ether oxygens (including phenoxy) is 2. The number of nitrogens with zero attached hydrogens (tertiary/aromatic N) is 1. The van der Waals surface area contributed by atoms with Crippen molar-refractivity contribution in [1.82, 2.24) is 0 Å². The largest absolute Gasteiger partial charge is 0.497 e. The van der Waals surface area contributed by atoms with Gasteiger partial charge in [-0.25, -0.2) is 0 Å². The van der Waals surface area contributed by atoms with Crippen LogP contribution in [0.3, 0.4) is 0 Å².